The van der Waals surface area contributed by atoms with Crippen LogP contribution in [0.3, 0.4) is 0 Å². The predicted octanol–water partition coefficient (Wildman–Crippen LogP) is 10.7. The van der Waals surface area contributed by atoms with Crippen LogP contribution in [0.5, 0.6) is 0 Å². The Morgan fingerprint density at radius 3 is 1.38 bits per heavy atom. The molecule has 0 fully saturated rings. The molecule has 0 saturated heterocycles. The SMILES string of the molecule is CC(C)c1cccc(C(C)C)c1N1C(=O)c2ccc(C#C[Si](C)(C)C)c3c(C#C[Si](C(C)C)(C(C)C)C(C)C)ccc(c23)C1=O. The molecular formula is C40H51NO2Si2. The van der Waals surface area contributed by atoms with E-state index in [4.69, 9.17) is 0 Å². The quantitative estimate of drug-likeness (QED) is 0.154. The summed E-state index contributed by atoms with van der Waals surface area (Å²) in [6.07, 6.45) is 0. The van der Waals surface area contributed by atoms with Gasteiger partial charge in [-0.05, 0) is 63.9 Å². The Hall–Kier alpha value is -3.39. The first-order chi connectivity index (χ1) is 20.9. The molecule has 0 saturated carbocycles. The van der Waals surface area contributed by atoms with E-state index in [0.717, 1.165) is 33.3 Å². The molecule has 0 unspecified atom stereocenters. The third kappa shape index (κ3) is 6.23. The second-order valence-corrected chi connectivity index (χ2v) is 25.6. The van der Waals surface area contributed by atoms with Crippen LogP contribution < -0.4 is 4.90 Å². The summed E-state index contributed by atoms with van der Waals surface area (Å²) in [5.41, 5.74) is 14.4. The second-order valence-electron chi connectivity index (χ2n) is 15.3. The van der Waals surface area contributed by atoms with Gasteiger partial charge in [0.05, 0.1) is 5.69 Å². The van der Waals surface area contributed by atoms with Crippen molar-refractivity contribution in [1.29, 1.82) is 0 Å². The van der Waals surface area contributed by atoms with E-state index in [9.17, 15) is 9.59 Å². The second kappa shape index (κ2) is 12.8. The number of imide groups is 1. The largest absolute Gasteiger partial charge is 0.268 e. The van der Waals surface area contributed by atoms with Crippen LogP contribution in [0.2, 0.25) is 36.3 Å². The van der Waals surface area contributed by atoms with Gasteiger partial charge in [0.15, 0.2) is 0 Å². The Balaban J connectivity index is 2.09. The molecule has 0 radical (unpaired) electrons. The molecule has 4 rings (SSSR count). The van der Waals surface area contributed by atoms with Crippen molar-refractivity contribution in [2.75, 3.05) is 4.90 Å². The molecule has 45 heavy (non-hydrogen) atoms. The Morgan fingerprint density at radius 1 is 0.578 bits per heavy atom. The number of para-hydroxylation sites is 1. The number of rotatable bonds is 6. The molecule has 3 aromatic carbocycles. The summed E-state index contributed by atoms with van der Waals surface area (Å²) in [4.78, 5) is 30.5. The van der Waals surface area contributed by atoms with Gasteiger partial charge in [-0.25, -0.2) is 4.90 Å². The van der Waals surface area contributed by atoms with Gasteiger partial charge in [0.1, 0.15) is 16.1 Å². The highest BCUT2D eigenvalue weighted by Crippen LogP contribution is 2.43. The number of carbonyl (C=O) groups excluding carboxylic acids is 2. The van der Waals surface area contributed by atoms with Gasteiger partial charge in [-0.1, -0.05) is 119 Å². The molecule has 1 aliphatic rings. The van der Waals surface area contributed by atoms with Crippen LogP contribution in [0.25, 0.3) is 10.8 Å². The molecule has 0 aromatic heterocycles. The summed E-state index contributed by atoms with van der Waals surface area (Å²) in [7, 11) is -3.74. The minimum absolute atomic E-state index is 0.143. The topological polar surface area (TPSA) is 37.4 Å². The average Bonchev–Trinajstić information content (AvgIpc) is 2.94. The van der Waals surface area contributed by atoms with E-state index < -0.39 is 16.1 Å². The average molecular weight is 634 g/mol. The molecule has 0 aliphatic carbocycles. The maximum atomic E-state index is 14.5. The zero-order valence-corrected chi connectivity index (χ0v) is 31.7. The predicted molar refractivity (Wildman–Crippen MR) is 198 cm³/mol. The Morgan fingerprint density at radius 2 is 1.00 bits per heavy atom. The van der Waals surface area contributed by atoms with Gasteiger partial charge >= 0.3 is 0 Å². The third-order valence-corrected chi connectivity index (χ3v) is 16.6. The smallest absolute Gasteiger partial charge is 0.266 e. The van der Waals surface area contributed by atoms with Crippen LogP contribution in [0.1, 0.15) is 124 Å². The number of hydrogen-bond donors (Lipinski definition) is 0. The van der Waals surface area contributed by atoms with E-state index in [2.05, 4.69) is 112 Å². The van der Waals surface area contributed by atoms with Crippen molar-refractivity contribution in [2.45, 2.75) is 117 Å². The summed E-state index contributed by atoms with van der Waals surface area (Å²) in [5, 5.41) is 1.53. The molecule has 0 spiro atoms. The molecule has 236 valence electrons. The Bertz CT molecular complexity index is 1710. The summed E-state index contributed by atoms with van der Waals surface area (Å²) in [6, 6.07) is 13.9. The summed E-state index contributed by atoms with van der Waals surface area (Å²) in [5.74, 6) is 6.86. The molecule has 1 heterocycles. The molecule has 0 N–H and O–H groups in total. The van der Waals surface area contributed by atoms with Gasteiger partial charge in [0.2, 0.25) is 0 Å². The first-order valence-electron chi connectivity index (χ1n) is 16.6. The number of carbonyl (C=O) groups is 2. The van der Waals surface area contributed by atoms with Crippen LogP contribution in [-0.4, -0.2) is 28.0 Å². The van der Waals surface area contributed by atoms with Crippen LogP contribution in [0.4, 0.5) is 5.69 Å². The third-order valence-electron chi connectivity index (χ3n) is 9.45. The number of hydrogen-bond acceptors (Lipinski definition) is 2. The first-order valence-corrected chi connectivity index (χ1v) is 22.3. The lowest BCUT2D eigenvalue weighted by Gasteiger charge is -2.38. The van der Waals surface area contributed by atoms with Crippen molar-refractivity contribution in [3.05, 3.63) is 75.8 Å². The van der Waals surface area contributed by atoms with Crippen LogP contribution in [0, 0.1) is 22.9 Å². The fourth-order valence-corrected chi connectivity index (χ4v) is 13.0. The standard InChI is InChI=1S/C40H51NO2Si2/c1-25(2)32-15-14-16-33(26(3)4)38(32)41-39(42)34-19-17-30(21-23-44(11,12)13)36-31(18-20-35(37(34)36)40(41)43)22-24-45(27(5)6,28(7)8)29(9)10/h14-20,25-29H,1-13H3. The van der Waals surface area contributed by atoms with E-state index in [1.165, 1.54) is 4.90 Å². The maximum Gasteiger partial charge on any atom is 0.266 e. The van der Waals surface area contributed by atoms with E-state index >= 15 is 0 Å². The summed E-state index contributed by atoms with van der Waals surface area (Å²) < 4.78 is 0. The highest BCUT2D eigenvalue weighted by atomic mass is 28.3. The molecule has 3 nitrogen and oxygen atoms in total. The van der Waals surface area contributed by atoms with Gasteiger partial charge < -0.3 is 0 Å². The summed E-state index contributed by atoms with van der Waals surface area (Å²) in [6.45, 7) is 29.0. The van der Waals surface area contributed by atoms with Crippen molar-refractivity contribution in [1.82, 2.24) is 0 Å². The fourth-order valence-electron chi connectivity index (χ4n) is 7.23. The molecule has 0 atom stereocenters. The molecule has 5 heteroatoms. The molecule has 2 amide bonds. The molecular weight excluding hydrogens is 583 g/mol. The molecule has 0 bridgehead atoms. The monoisotopic (exact) mass is 633 g/mol. The fraction of sp³-hybridized carbons (Fsp3) is 0.450. The van der Waals surface area contributed by atoms with Crippen LogP contribution in [0.15, 0.2) is 42.5 Å². The first kappa shape index (κ1) is 34.5. The molecule has 1 aliphatic heterocycles. The minimum Gasteiger partial charge on any atom is -0.268 e. The Labute approximate surface area is 274 Å². The molecule has 3 aromatic rings. The normalized spacial score (nSPS) is 13.7. The number of benzene rings is 3. The van der Waals surface area contributed by atoms with Crippen LogP contribution >= 0.6 is 0 Å². The highest BCUT2D eigenvalue weighted by Gasteiger charge is 2.42. The number of amides is 2. The van der Waals surface area contributed by atoms with Crippen molar-refractivity contribution >= 4 is 44.4 Å². The zero-order chi connectivity index (χ0) is 33.6. The van der Waals surface area contributed by atoms with Gasteiger partial charge in [-0.2, -0.15) is 0 Å². The minimum atomic E-state index is -2.03. The van der Waals surface area contributed by atoms with Crippen LogP contribution in [-0.2, 0) is 0 Å². The van der Waals surface area contributed by atoms with E-state index in [-0.39, 0.29) is 23.7 Å². The van der Waals surface area contributed by atoms with E-state index in [0.29, 0.717) is 33.1 Å². The lowest BCUT2D eigenvalue weighted by molar-refractivity contribution is 0.0893. The van der Waals surface area contributed by atoms with Crippen molar-refractivity contribution in [3.63, 3.8) is 0 Å². The van der Waals surface area contributed by atoms with E-state index in [1.807, 2.05) is 42.5 Å². The maximum absolute atomic E-state index is 14.5. The van der Waals surface area contributed by atoms with Gasteiger partial charge in [0, 0.05) is 33.0 Å². The summed E-state index contributed by atoms with van der Waals surface area (Å²) >= 11 is 0. The van der Waals surface area contributed by atoms with Gasteiger partial charge in [-0.15, -0.1) is 11.1 Å². The Kier molecular flexibility index (Phi) is 9.80. The highest BCUT2D eigenvalue weighted by molar-refractivity contribution is 6.90. The van der Waals surface area contributed by atoms with E-state index in [1.54, 1.807) is 0 Å². The van der Waals surface area contributed by atoms with Gasteiger partial charge in [-0.3, -0.25) is 9.59 Å². The van der Waals surface area contributed by atoms with Crippen molar-refractivity contribution < 1.29 is 9.59 Å². The zero-order valence-electron chi connectivity index (χ0n) is 29.7. The number of anilines is 1. The lowest BCUT2D eigenvalue weighted by Crippen LogP contribution is -2.43. The number of nitrogens with zero attached hydrogens (tertiary/aromatic N) is 1. The lowest BCUT2D eigenvalue weighted by atomic mass is 9.86. The van der Waals surface area contributed by atoms with Crippen molar-refractivity contribution in [2.24, 2.45) is 0 Å². The van der Waals surface area contributed by atoms with Gasteiger partial charge in [0.25, 0.3) is 11.8 Å². The van der Waals surface area contributed by atoms with Crippen molar-refractivity contribution in [3.8, 4) is 22.9 Å².